The highest BCUT2D eigenvalue weighted by Gasteiger charge is 2.16. The summed E-state index contributed by atoms with van der Waals surface area (Å²) in [6.07, 6.45) is 0. The third-order valence-electron chi connectivity index (χ3n) is 13.1. The van der Waals surface area contributed by atoms with E-state index in [0.29, 0.717) is 11.6 Å². The molecule has 0 saturated carbocycles. The van der Waals surface area contributed by atoms with Gasteiger partial charge in [-0.2, -0.15) is 0 Å². The Morgan fingerprint density at radius 1 is 0.212 bits per heavy atom. The molecule has 0 unspecified atom stereocenters. The fourth-order valence-corrected chi connectivity index (χ4v) is 9.82. The quantitative estimate of drug-likeness (QED) is 0.157. The average Bonchev–Trinajstić information content (AvgIpc) is 3.40. The molecule has 66 heavy (non-hydrogen) atoms. The van der Waals surface area contributed by atoms with Crippen LogP contribution in [-0.4, -0.2) is 19.9 Å². The zero-order valence-electron chi connectivity index (χ0n) is 35.7. The Kier molecular flexibility index (Phi) is 8.81. The SMILES string of the molecule is c1ccc2c(c1)cc(-c1ccc(-c3nc(-c4ccc(-c5nc(-c6ccc(-c7cc8ccccc8c8ccccc78)cc6)c6ccccc6n5)cc4)nc4ccccc34)cc1)c1ccccc12. The van der Waals surface area contributed by atoms with E-state index in [1.807, 2.05) is 12.1 Å². The van der Waals surface area contributed by atoms with Crippen molar-refractivity contribution in [2.24, 2.45) is 0 Å². The summed E-state index contributed by atoms with van der Waals surface area (Å²) in [5, 5.41) is 12.0. The molecule has 0 aliphatic heterocycles. The lowest BCUT2D eigenvalue weighted by molar-refractivity contribution is 1.22. The maximum Gasteiger partial charge on any atom is 0.160 e. The molecule has 0 atom stereocenters. The van der Waals surface area contributed by atoms with Crippen LogP contribution in [0, 0.1) is 0 Å². The standard InChI is InChI=1S/C62H38N4/c1-3-15-47-45(13-1)37-55(51-19-7-5-17-49(47)51)39-25-29-41(30-26-39)59-53-21-9-11-23-57(53)63-61(65-59)43-33-35-44(36-34-43)62-64-58-24-12-10-22-54(58)60(66-62)42-31-27-40(28-32-42)56-38-46-14-2-4-16-48(46)50-18-6-8-20-52(50)56/h1-38H. The largest absolute Gasteiger partial charge is 0.228 e. The Morgan fingerprint density at radius 2 is 0.515 bits per heavy atom. The molecular weight excluding hydrogens is 801 g/mol. The molecule has 0 spiro atoms. The van der Waals surface area contributed by atoms with Gasteiger partial charge in [0.25, 0.3) is 0 Å². The number of aromatic nitrogens is 4. The molecule has 11 aromatic carbocycles. The topological polar surface area (TPSA) is 51.6 Å². The summed E-state index contributed by atoms with van der Waals surface area (Å²) in [6.45, 7) is 0. The van der Waals surface area contributed by atoms with Gasteiger partial charge < -0.3 is 0 Å². The van der Waals surface area contributed by atoms with Crippen LogP contribution in [0.25, 0.3) is 132 Å². The van der Waals surface area contributed by atoms with E-state index in [1.54, 1.807) is 0 Å². The molecule has 306 valence electrons. The maximum atomic E-state index is 5.25. The first-order chi connectivity index (χ1) is 32.7. The molecule has 0 radical (unpaired) electrons. The lowest BCUT2D eigenvalue weighted by Gasteiger charge is -2.13. The highest BCUT2D eigenvalue weighted by molar-refractivity contribution is 6.15. The maximum absolute atomic E-state index is 5.25. The summed E-state index contributed by atoms with van der Waals surface area (Å²) >= 11 is 0. The van der Waals surface area contributed by atoms with Crippen molar-refractivity contribution in [3.8, 4) is 67.5 Å². The lowest BCUT2D eigenvalue weighted by Crippen LogP contribution is -1.97. The zero-order chi connectivity index (χ0) is 43.6. The van der Waals surface area contributed by atoms with Gasteiger partial charge in [0.05, 0.1) is 22.4 Å². The van der Waals surface area contributed by atoms with Gasteiger partial charge in [0.1, 0.15) is 0 Å². The Labute approximate surface area is 381 Å². The monoisotopic (exact) mass is 838 g/mol. The molecule has 0 saturated heterocycles. The highest BCUT2D eigenvalue weighted by atomic mass is 14.9. The van der Waals surface area contributed by atoms with E-state index in [1.165, 1.54) is 65.3 Å². The van der Waals surface area contributed by atoms with Crippen molar-refractivity contribution in [3.63, 3.8) is 0 Å². The van der Waals surface area contributed by atoms with Gasteiger partial charge in [-0.1, -0.05) is 206 Å². The zero-order valence-corrected chi connectivity index (χ0v) is 35.7. The molecule has 0 amide bonds. The van der Waals surface area contributed by atoms with Crippen molar-refractivity contribution in [2.45, 2.75) is 0 Å². The number of benzene rings is 11. The van der Waals surface area contributed by atoms with Crippen LogP contribution in [0.15, 0.2) is 231 Å². The van der Waals surface area contributed by atoms with E-state index < -0.39 is 0 Å². The summed E-state index contributed by atoms with van der Waals surface area (Å²) in [4.78, 5) is 20.7. The van der Waals surface area contributed by atoms with Gasteiger partial charge in [-0.3, -0.25) is 0 Å². The third-order valence-corrected chi connectivity index (χ3v) is 13.1. The van der Waals surface area contributed by atoms with Crippen molar-refractivity contribution in [1.82, 2.24) is 19.9 Å². The smallest absolute Gasteiger partial charge is 0.160 e. The summed E-state index contributed by atoms with van der Waals surface area (Å²) in [5.41, 5.74) is 12.3. The summed E-state index contributed by atoms with van der Waals surface area (Å²) in [5.74, 6) is 1.33. The number of nitrogens with zero attached hydrogens (tertiary/aromatic N) is 4. The molecule has 2 aromatic heterocycles. The van der Waals surface area contributed by atoms with Crippen LogP contribution in [0.3, 0.4) is 0 Å². The molecule has 2 heterocycles. The highest BCUT2D eigenvalue weighted by Crippen LogP contribution is 2.39. The van der Waals surface area contributed by atoms with Gasteiger partial charge >= 0.3 is 0 Å². The van der Waals surface area contributed by atoms with E-state index in [2.05, 4.69) is 218 Å². The second-order valence-electron chi connectivity index (χ2n) is 16.9. The molecule has 0 N–H and O–H groups in total. The number of fused-ring (bicyclic) bond motifs is 8. The van der Waals surface area contributed by atoms with Crippen molar-refractivity contribution in [3.05, 3.63) is 231 Å². The number of hydrogen-bond donors (Lipinski definition) is 0. The van der Waals surface area contributed by atoms with Crippen molar-refractivity contribution >= 4 is 64.9 Å². The Morgan fingerprint density at radius 3 is 0.924 bits per heavy atom. The number of hydrogen-bond acceptors (Lipinski definition) is 4. The van der Waals surface area contributed by atoms with E-state index in [4.69, 9.17) is 19.9 Å². The Balaban J connectivity index is 0.845. The lowest BCUT2D eigenvalue weighted by atomic mass is 9.92. The van der Waals surface area contributed by atoms with Crippen LogP contribution in [0.1, 0.15) is 0 Å². The van der Waals surface area contributed by atoms with Crippen LogP contribution in [0.2, 0.25) is 0 Å². The second kappa shape index (κ2) is 15.4. The Bertz CT molecular complexity index is 3760. The molecule has 0 fully saturated rings. The fraction of sp³-hybridized carbons (Fsp3) is 0. The van der Waals surface area contributed by atoms with Gasteiger partial charge in [0.2, 0.25) is 0 Å². The van der Waals surface area contributed by atoms with E-state index >= 15 is 0 Å². The van der Waals surface area contributed by atoms with Crippen molar-refractivity contribution < 1.29 is 0 Å². The van der Waals surface area contributed by atoms with Crippen LogP contribution in [0.4, 0.5) is 0 Å². The molecule has 0 aliphatic rings. The van der Waals surface area contributed by atoms with E-state index in [9.17, 15) is 0 Å². The predicted molar refractivity (Wildman–Crippen MR) is 275 cm³/mol. The second-order valence-corrected chi connectivity index (χ2v) is 16.9. The minimum Gasteiger partial charge on any atom is -0.228 e. The molecule has 0 aliphatic carbocycles. The normalized spacial score (nSPS) is 11.6. The molecule has 4 nitrogen and oxygen atoms in total. The third kappa shape index (κ3) is 6.38. The van der Waals surface area contributed by atoms with Crippen LogP contribution in [-0.2, 0) is 0 Å². The van der Waals surface area contributed by atoms with Gasteiger partial charge in [0.15, 0.2) is 11.6 Å². The predicted octanol–water partition coefficient (Wildman–Crippen LogP) is 16.2. The van der Waals surface area contributed by atoms with Gasteiger partial charge in [0, 0.05) is 33.0 Å². The first kappa shape index (κ1) is 37.7. The molecule has 0 bridgehead atoms. The molecule has 13 rings (SSSR count). The molecule has 4 heteroatoms. The van der Waals surface area contributed by atoms with E-state index in [-0.39, 0.29) is 0 Å². The van der Waals surface area contributed by atoms with Gasteiger partial charge in [-0.25, -0.2) is 19.9 Å². The average molecular weight is 839 g/mol. The summed E-state index contributed by atoms with van der Waals surface area (Å²) < 4.78 is 0. The van der Waals surface area contributed by atoms with Gasteiger partial charge in [-0.15, -0.1) is 0 Å². The van der Waals surface area contributed by atoms with Crippen LogP contribution >= 0.6 is 0 Å². The first-order valence-electron chi connectivity index (χ1n) is 22.4. The van der Waals surface area contributed by atoms with Crippen LogP contribution in [0.5, 0.6) is 0 Å². The summed E-state index contributed by atoms with van der Waals surface area (Å²) in [6, 6.07) is 81.7. The molecular formula is C62H38N4. The number of rotatable bonds is 6. The first-order valence-corrected chi connectivity index (χ1v) is 22.4. The van der Waals surface area contributed by atoms with Gasteiger partial charge in [-0.05, 0) is 89.6 Å². The van der Waals surface area contributed by atoms with Crippen molar-refractivity contribution in [1.29, 1.82) is 0 Å². The van der Waals surface area contributed by atoms with Crippen molar-refractivity contribution in [2.75, 3.05) is 0 Å². The molecule has 13 aromatic rings. The Hall–Kier alpha value is -8.86. The number of para-hydroxylation sites is 2. The summed E-state index contributed by atoms with van der Waals surface area (Å²) in [7, 11) is 0. The van der Waals surface area contributed by atoms with E-state index in [0.717, 1.165) is 55.4 Å². The fourth-order valence-electron chi connectivity index (χ4n) is 9.82. The minimum absolute atomic E-state index is 0.666. The minimum atomic E-state index is 0.666. The van der Waals surface area contributed by atoms with Crippen LogP contribution < -0.4 is 0 Å².